The molecule has 19 heavy (non-hydrogen) atoms. The van der Waals surface area contributed by atoms with Gasteiger partial charge in [-0.05, 0) is 19.4 Å². The molecule has 0 saturated heterocycles. The molecule has 9 heteroatoms. The van der Waals surface area contributed by atoms with Crippen LogP contribution in [-0.2, 0) is 10.0 Å². The number of nitrogens with one attached hydrogen (secondary N) is 1. The van der Waals surface area contributed by atoms with Crippen LogP contribution in [0.15, 0.2) is 23.1 Å². The standard InChI is InChI=1S/C10H14FN3O4S/c1-7(12)4-5-13-19(17,18)8-2-3-10(14(15)16)9(11)6-8/h2-3,6-7,13H,4-5,12H2,1H3. The maximum Gasteiger partial charge on any atom is 0.304 e. The minimum Gasteiger partial charge on any atom is -0.328 e. The fraction of sp³-hybridized carbons (Fsp3) is 0.400. The third kappa shape index (κ3) is 4.23. The first-order valence-electron chi connectivity index (χ1n) is 5.43. The Morgan fingerprint density at radius 2 is 2.16 bits per heavy atom. The summed E-state index contributed by atoms with van der Waals surface area (Å²) in [5, 5.41) is 10.4. The molecule has 0 aliphatic rings. The van der Waals surface area contributed by atoms with Gasteiger partial charge in [0.05, 0.1) is 9.82 Å². The van der Waals surface area contributed by atoms with Crippen LogP contribution in [0.2, 0.25) is 0 Å². The van der Waals surface area contributed by atoms with Gasteiger partial charge in [-0.1, -0.05) is 0 Å². The lowest BCUT2D eigenvalue weighted by Crippen LogP contribution is -2.29. The van der Waals surface area contributed by atoms with E-state index in [0.717, 1.165) is 12.1 Å². The van der Waals surface area contributed by atoms with Crippen LogP contribution in [0, 0.1) is 15.9 Å². The lowest BCUT2D eigenvalue weighted by molar-refractivity contribution is -0.387. The summed E-state index contributed by atoms with van der Waals surface area (Å²) in [6, 6.07) is 2.24. The van der Waals surface area contributed by atoms with Crippen molar-refractivity contribution in [3.05, 3.63) is 34.1 Å². The van der Waals surface area contributed by atoms with Crippen molar-refractivity contribution in [2.75, 3.05) is 6.54 Å². The van der Waals surface area contributed by atoms with E-state index in [1.807, 2.05) is 0 Å². The number of hydrogen-bond donors (Lipinski definition) is 2. The van der Waals surface area contributed by atoms with Gasteiger partial charge in [0.2, 0.25) is 15.8 Å². The molecular formula is C10H14FN3O4S. The molecule has 0 bridgehead atoms. The summed E-state index contributed by atoms with van der Waals surface area (Å²) in [5.41, 5.74) is 4.70. The fourth-order valence-corrected chi connectivity index (χ4v) is 2.37. The molecule has 1 rings (SSSR count). The van der Waals surface area contributed by atoms with Crippen LogP contribution in [0.25, 0.3) is 0 Å². The van der Waals surface area contributed by atoms with Gasteiger partial charge in [-0.15, -0.1) is 0 Å². The van der Waals surface area contributed by atoms with Gasteiger partial charge >= 0.3 is 5.69 Å². The molecule has 0 fully saturated rings. The zero-order valence-corrected chi connectivity index (χ0v) is 11.0. The Hall–Kier alpha value is -1.58. The number of nitrogens with two attached hydrogens (primary N) is 1. The number of nitrogens with zero attached hydrogens (tertiary/aromatic N) is 1. The van der Waals surface area contributed by atoms with Gasteiger partial charge in [-0.3, -0.25) is 10.1 Å². The maximum atomic E-state index is 13.3. The molecule has 1 aromatic carbocycles. The van der Waals surface area contributed by atoms with Gasteiger partial charge in [-0.2, -0.15) is 4.39 Å². The second kappa shape index (κ2) is 6.04. The van der Waals surface area contributed by atoms with Crippen LogP contribution in [-0.4, -0.2) is 25.9 Å². The van der Waals surface area contributed by atoms with Crippen molar-refractivity contribution in [3.8, 4) is 0 Å². The van der Waals surface area contributed by atoms with Crippen LogP contribution in [0.5, 0.6) is 0 Å². The number of halogens is 1. The number of hydrogen-bond acceptors (Lipinski definition) is 5. The Morgan fingerprint density at radius 3 is 2.63 bits per heavy atom. The van der Waals surface area contributed by atoms with Crippen molar-refractivity contribution in [1.29, 1.82) is 0 Å². The third-order valence-corrected chi connectivity index (χ3v) is 3.78. The highest BCUT2D eigenvalue weighted by Gasteiger charge is 2.20. The average molecular weight is 291 g/mol. The third-order valence-electron chi connectivity index (χ3n) is 2.32. The van der Waals surface area contributed by atoms with E-state index in [0.29, 0.717) is 12.5 Å². The SMILES string of the molecule is CC(N)CCNS(=O)(=O)c1ccc([N+](=O)[O-])c(F)c1. The topological polar surface area (TPSA) is 115 Å². The van der Waals surface area contributed by atoms with E-state index in [4.69, 9.17) is 5.73 Å². The van der Waals surface area contributed by atoms with E-state index in [2.05, 4.69) is 4.72 Å². The molecule has 0 saturated carbocycles. The zero-order chi connectivity index (χ0) is 14.6. The monoisotopic (exact) mass is 291 g/mol. The van der Waals surface area contributed by atoms with E-state index in [9.17, 15) is 22.9 Å². The number of benzene rings is 1. The van der Waals surface area contributed by atoms with E-state index in [1.165, 1.54) is 0 Å². The van der Waals surface area contributed by atoms with E-state index < -0.39 is 26.5 Å². The van der Waals surface area contributed by atoms with Gasteiger partial charge in [0.25, 0.3) is 0 Å². The van der Waals surface area contributed by atoms with Crippen LogP contribution in [0.1, 0.15) is 13.3 Å². The van der Waals surface area contributed by atoms with Crippen LogP contribution >= 0.6 is 0 Å². The molecule has 1 unspecified atom stereocenters. The lowest BCUT2D eigenvalue weighted by Gasteiger charge is -2.08. The predicted molar refractivity (Wildman–Crippen MR) is 66.5 cm³/mol. The van der Waals surface area contributed by atoms with Crippen molar-refractivity contribution < 1.29 is 17.7 Å². The highest BCUT2D eigenvalue weighted by atomic mass is 32.2. The molecule has 0 aromatic heterocycles. The van der Waals surface area contributed by atoms with E-state index in [1.54, 1.807) is 6.92 Å². The second-order valence-electron chi connectivity index (χ2n) is 4.03. The molecule has 0 aliphatic carbocycles. The molecule has 0 radical (unpaired) electrons. The van der Waals surface area contributed by atoms with E-state index >= 15 is 0 Å². The van der Waals surface area contributed by atoms with Crippen LogP contribution < -0.4 is 10.5 Å². The Bertz CT molecular complexity index is 574. The molecule has 3 N–H and O–H groups in total. The Morgan fingerprint density at radius 1 is 1.53 bits per heavy atom. The molecule has 1 atom stereocenters. The number of rotatable bonds is 6. The minimum absolute atomic E-state index is 0.110. The fourth-order valence-electron chi connectivity index (χ4n) is 1.31. The molecule has 7 nitrogen and oxygen atoms in total. The summed E-state index contributed by atoms with van der Waals surface area (Å²) in [7, 11) is -3.89. The summed E-state index contributed by atoms with van der Waals surface area (Å²) in [6.07, 6.45) is 0.425. The first-order chi connectivity index (χ1) is 8.74. The highest BCUT2D eigenvalue weighted by molar-refractivity contribution is 7.89. The van der Waals surface area contributed by atoms with E-state index in [-0.39, 0.29) is 17.5 Å². The molecule has 0 amide bonds. The second-order valence-corrected chi connectivity index (χ2v) is 5.80. The summed E-state index contributed by atoms with van der Waals surface area (Å²) in [4.78, 5) is 9.13. The quantitative estimate of drug-likeness (QED) is 0.592. The number of nitro groups is 1. The Labute approximate surface area is 109 Å². The minimum atomic E-state index is -3.89. The van der Waals surface area contributed by atoms with Crippen LogP contribution in [0.3, 0.4) is 0 Å². The van der Waals surface area contributed by atoms with Crippen molar-refractivity contribution in [3.63, 3.8) is 0 Å². The summed E-state index contributed by atoms with van der Waals surface area (Å²) < 4.78 is 39.1. The van der Waals surface area contributed by atoms with Crippen LogP contribution in [0.4, 0.5) is 10.1 Å². The molecular weight excluding hydrogens is 277 g/mol. The first-order valence-corrected chi connectivity index (χ1v) is 6.91. The average Bonchev–Trinajstić information content (AvgIpc) is 2.27. The van der Waals surface area contributed by atoms with Gasteiger partial charge in [0.1, 0.15) is 0 Å². The normalized spacial score (nSPS) is 13.2. The van der Waals surface area contributed by atoms with Crippen molar-refractivity contribution >= 4 is 15.7 Å². The molecule has 0 aliphatic heterocycles. The lowest BCUT2D eigenvalue weighted by atomic mass is 10.3. The molecule has 0 heterocycles. The van der Waals surface area contributed by atoms with Gasteiger partial charge in [0, 0.05) is 24.7 Å². The van der Waals surface area contributed by atoms with Crippen molar-refractivity contribution in [2.24, 2.45) is 5.73 Å². The summed E-state index contributed by atoms with van der Waals surface area (Å²) in [5.74, 6) is -1.19. The predicted octanol–water partition coefficient (Wildman–Crippen LogP) is 0.750. The van der Waals surface area contributed by atoms with Gasteiger partial charge in [0.15, 0.2) is 0 Å². The number of sulfonamides is 1. The van der Waals surface area contributed by atoms with Gasteiger partial charge in [-0.25, -0.2) is 13.1 Å². The Balaban J connectivity index is 2.90. The summed E-state index contributed by atoms with van der Waals surface area (Å²) in [6.45, 7) is 1.83. The Kier molecular flexibility index (Phi) is 4.92. The largest absolute Gasteiger partial charge is 0.328 e. The van der Waals surface area contributed by atoms with Crippen molar-refractivity contribution in [2.45, 2.75) is 24.3 Å². The molecule has 1 aromatic rings. The van der Waals surface area contributed by atoms with Gasteiger partial charge < -0.3 is 5.73 Å². The molecule has 106 valence electrons. The van der Waals surface area contributed by atoms with Crippen molar-refractivity contribution in [1.82, 2.24) is 4.72 Å². The first kappa shape index (κ1) is 15.5. The molecule has 0 spiro atoms. The zero-order valence-electron chi connectivity index (χ0n) is 10.2. The number of nitro benzene ring substituents is 1. The maximum absolute atomic E-state index is 13.3. The highest BCUT2D eigenvalue weighted by Crippen LogP contribution is 2.20. The summed E-state index contributed by atoms with van der Waals surface area (Å²) >= 11 is 0. The smallest absolute Gasteiger partial charge is 0.304 e.